The Morgan fingerprint density at radius 1 is 1.14 bits per heavy atom. The quantitative estimate of drug-likeness (QED) is 0.474. The van der Waals surface area contributed by atoms with E-state index in [1.807, 2.05) is 0 Å². The summed E-state index contributed by atoms with van der Waals surface area (Å²) in [5.41, 5.74) is -0.152. The highest BCUT2D eigenvalue weighted by Gasteiger charge is 2.22. The molecule has 0 aromatic rings. The van der Waals surface area contributed by atoms with Crippen molar-refractivity contribution in [1.29, 1.82) is 0 Å². The predicted molar refractivity (Wildman–Crippen MR) is 91.7 cm³/mol. The number of nitrogens with one attached hydrogen (secondary N) is 1. The molecule has 0 aromatic carbocycles. The van der Waals surface area contributed by atoms with E-state index in [1.54, 1.807) is 0 Å². The molecule has 0 radical (unpaired) electrons. The van der Waals surface area contributed by atoms with Crippen LogP contribution in [-0.2, 0) is 4.74 Å². The van der Waals surface area contributed by atoms with E-state index >= 15 is 0 Å². The first kappa shape index (κ1) is 20.9. The third-order valence-corrected chi connectivity index (χ3v) is 4.15. The smallest absolute Gasteiger partial charge is 0.0610 e. The molecule has 0 spiro atoms. The van der Waals surface area contributed by atoms with Gasteiger partial charge >= 0.3 is 0 Å². The molecule has 0 rings (SSSR count). The summed E-state index contributed by atoms with van der Waals surface area (Å²) >= 11 is 0. The van der Waals surface area contributed by atoms with Crippen LogP contribution in [0.3, 0.4) is 0 Å². The molecule has 0 saturated carbocycles. The van der Waals surface area contributed by atoms with Crippen molar-refractivity contribution in [2.75, 3.05) is 19.8 Å². The fourth-order valence-corrected chi connectivity index (χ4v) is 2.76. The molecular weight excluding hydrogens is 262 g/mol. The number of unbranched alkanes of at least 4 members (excludes halogenated alkanes) is 2. The van der Waals surface area contributed by atoms with Crippen LogP contribution in [-0.4, -0.2) is 36.5 Å². The molecule has 0 saturated heterocycles. The fourth-order valence-electron chi connectivity index (χ4n) is 2.76. The van der Waals surface area contributed by atoms with Gasteiger partial charge in [-0.1, -0.05) is 47.0 Å². The number of ether oxygens (including phenoxy) is 1. The van der Waals surface area contributed by atoms with E-state index < -0.39 is 0 Å². The van der Waals surface area contributed by atoms with Gasteiger partial charge in [-0.05, 0) is 38.5 Å². The Balaban J connectivity index is 3.70. The molecule has 0 fully saturated rings. The van der Waals surface area contributed by atoms with Crippen molar-refractivity contribution in [2.24, 2.45) is 5.92 Å². The lowest BCUT2D eigenvalue weighted by Crippen LogP contribution is -2.49. The van der Waals surface area contributed by atoms with Crippen LogP contribution in [0.4, 0.5) is 0 Å². The predicted octanol–water partition coefficient (Wildman–Crippen LogP) is 4.14. The number of aliphatic hydroxyl groups is 1. The standard InChI is InChI=1S/C18H39NO2/c1-6-8-11-17(7-2)14-21-13-10-9-12-18(5,15-20)19-16(3)4/h16-17,19-20H,6-15H2,1-5H3. The first-order chi connectivity index (χ1) is 9.97. The topological polar surface area (TPSA) is 41.5 Å². The Kier molecular flexibility index (Phi) is 12.4. The first-order valence-electron chi connectivity index (χ1n) is 8.93. The van der Waals surface area contributed by atoms with Crippen molar-refractivity contribution in [3.63, 3.8) is 0 Å². The summed E-state index contributed by atoms with van der Waals surface area (Å²) in [7, 11) is 0. The Morgan fingerprint density at radius 2 is 1.86 bits per heavy atom. The molecule has 2 N–H and O–H groups in total. The Hall–Kier alpha value is -0.120. The van der Waals surface area contributed by atoms with E-state index in [0.29, 0.717) is 6.04 Å². The Morgan fingerprint density at radius 3 is 2.38 bits per heavy atom. The maximum Gasteiger partial charge on any atom is 0.0610 e. The zero-order chi connectivity index (χ0) is 16.1. The third kappa shape index (κ3) is 11.1. The highest BCUT2D eigenvalue weighted by molar-refractivity contribution is 4.83. The molecule has 2 unspecified atom stereocenters. The second kappa shape index (κ2) is 12.4. The molecule has 3 heteroatoms. The van der Waals surface area contributed by atoms with Crippen LogP contribution in [0.15, 0.2) is 0 Å². The highest BCUT2D eigenvalue weighted by Crippen LogP contribution is 2.16. The van der Waals surface area contributed by atoms with Gasteiger partial charge in [0.15, 0.2) is 0 Å². The summed E-state index contributed by atoms with van der Waals surface area (Å²) in [6.07, 6.45) is 8.30. The summed E-state index contributed by atoms with van der Waals surface area (Å²) in [4.78, 5) is 0. The summed E-state index contributed by atoms with van der Waals surface area (Å²) in [6.45, 7) is 12.8. The molecule has 0 amide bonds. The van der Waals surface area contributed by atoms with Crippen molar-refractivity contribution < 1.29 is 9.84 Å². The minimum atomic E-state index is -0.152. The van der Waals surface area contributed by atoms with Gasteiger partial charge in [0, 0.05) is 24.8 Å². The lowest BCUT2D eigenvalue weighted by molar-refractivity contribution is 0.0871. The minimum absolute atomic E-state index is 0.152. The van der Waals surface area contributed by atoms with Gasteiger partial charge in [-0.2, -0.15) is 0 Å². The molecule has 0 bridgehead atoms. The van der Waals surface area contributed by atoms with E-state index in [9.17, 15) is 5.11 Å². The second-order valence-corrected chi connectivity index (χ2v) is 6.97. The average Bonchev–Trinajstić information content (AvgIpc) is 2.45. The average molecular weight is 302 g/mol. The lowest BCUT2D eigenvalue weighted by Gasteiger charge is -2.31. The van der Waals surface area contributed by atoms with Crippen LogP contribution in [0.25, 0.3) is 0 Å². The van der Waals surface area contributed by atoms with Gasteiger partial charge in [-0.25, -0.2) is 0 Å². The van der Waals surface area contributed by atoms with Gasteiger partial charge < -0.3 is 15.2 Å². The van der Waals surface area contributed by atoms with E-state index in [1.165, 1.54) is 25.7 Å². The van der Waals surface area contributed by atoms with Gasteiger partial charge in [0.25, 0.3) is 0 Å². The molecular formula is C18H39NO2. The van der Waals surface area contributed by atoms with Crippen LogP contribution >= 0.6 is 0 Å². The van der Waals surface area contributed by atoms with Gasteiger partial charge in [0.1, 0.15) is 0 Å². The van der Waals surface area contributed by atoms with E-state index in [2.05, 4.69) is 39.9 Å². The summed E-state index contributed by atoms with van der Waals surface area (Å²) in [6, 6.07) is 0.405. The fraction of sp³-hybridized carbons (Fsp3) is 1.00. The summed E-state index contributed by atoms with van der Waals surface area (Å²) in [5.74, 6) is 0.732. The molecule has 0 aromatic heterocycles. The van der Waals surface area contributed by atoms with Crippen molar-refractivity contribution in [1.82, 2.24) is 5.32 Å². The Bertz CT molecular complexity index is 233. The monoisotopic (exact) mass is 301 g/mol. The van der Waals surface area contributed by atoms with Crippen LogP contribution in [0, 0.1) is 5.92 Å². The van der Waals surface area contributed by atoms with Crippen LogP contribution < -0.4 is 5.32 Å². The van der Waals surface area contributed by atoms with Crippen molar-refractivity contribution in [3.05, 3.63) is 0 Å². The van der Waals surface area contributed by atoms with Crippen LogP contribution in [0.5, 0.6) is 0 Å². The summed E-state index contributed by atoms with van der Waals surface area (Å²) in [5, 5.41) is 13.0. The SMILES string of the molecule is CCCCC(CC)COCCCCC(C)(CO)NC(C)C. The number of aliphatic hydroxyl groups excluding tert-OH is 1. The molecule has 0 aliphatic carbocycles. The van der Waals surface area contributed by atoms with Crippen molar-refractivity contribution in [2.45, 2.75) is 91.1 Å². The van der Waals surface area contributed by atoms with Gasteiger partial charge in [0.05, 0.1) is 6.61 Å². The Labute approximate surface area is 132 Å². The van der Waals surface area contributed by atoms with E-state index in [0.717, 1.165) is 38.4 Å². The normalized spacial score (nSPS) is 16.1. The van der Waals surface area contributed by atoms with Gasteiger partial charge in [-0.3, -0.25) is 0 Å². The van der Waals surface area contributed by atoms with Crippen molar-refractivity contribution >= 4 is 0 Å². The second-order valence-electron chi connectivity index (χ2n) is 6.97. The zero-order valence-corrected chi connectivity index (χ0v) is 15.1. The van der Waals surface area contributed by atoms with Crippen LogP contribution in [0.2, 0.25) is 0 Å². The summed E-state index contributed by atoms with van der Waals surface area (Å²) < 4.78 is 5.83. The molecule has 0 aliphatic rings. The number of hydrogen-bond acceptors (Lipinski definition) is 3. The minimum Gasteiger partial charge on any atom is -0.394 e. The first-order valence-corrected chi connectivity index (χ1v) is 8.93. The molecule has 0 aliphatic heterocycles. The maximum atomic E-state index is 9.53. The molecule has 0 heterocycles. The van der Waals surface area contributed by atoms with Crippen LogP contribution in [0.1, 0.15) is 79.6 Å². The van der Waals surface area contributed by atoms with Gasteiger partial charge in [0.2, 0.25) is 0 Å². The molecule has 3 nitrogen and oxygen atoms in total. The molecule has 2 atom stereocenters. The van der Waals surface area contributed by atoms with E-state index in [4.69, 9.17) is 4.74 Å². The van der Waals surface area contributed by atoms with Crippen molar-refractivity contribution in [3.8, 4) is 0 Å². The molecule has 21 heavy (non-hydrogen) atoms. The third-order valence-electron chi connectivity index (χ3n) is 4.15. The lowest BCUT2D eigenvalue weighted by atomic mass is 9.95. The van der Waals surface area contributed by atoms with E-state index in [-0.39, 0.29) is 12.1 Å². The number of rotatable bonds is 14. The molecule has 128 valence electrons. The highest BCUT2D eigenvalue weighted by atomic mass is 16.5. The number of hydrogen-bond donors (Lipinski definition) is 2. The zero-order valence-electron chi connectivity index (χ0n) is 15.1. The largest absolute Gasteiger partial charge is 0.394 e. The maximum absolute atomic E-state index is 9.53. The van der Waals surface area contributed by atoms with Gasteiger partial charge in [-0.15, -0.1) is 0 Å².